The van der Waals surface area contributed by atoms with Gasteiger partial charge in [0.2, 0.25) is 0 Å². The van der Waals surface area contributed by atoms with Crippen LogP contribution >= 0.6 is 11.6 Å². The number of hydrogen-bond acceptors (Lipinski definition) is 0. The van der Waals surface area contributed by atoms with Crippen LogP contribution < -0.4 is 0 Å². The molecule has 0 aliphatic heterocycles. The molecular formula is C13H17Cl. The van der Waals surface area contributed by atoms with Crippen LogP contribution in [0.3, 0.4) is 0 Å². The summed E-state index contributed by atoms with van der Waals surface area (Å²) < 4.78 is 0. The Labute approximate surface area is 91.6 Å². The molecule has 0 aromatic heterocycles. The van der Waals surface area contributed by atoms with E-state index in [2.05, 4.69) is 45.0 Å². The Kier molecular flexibility index (Phi) is 3.77. The maximum atomic E-state index is 5.51. The predicted octanol–water partition coefficient (Wildman–Crippen LogP) is 4.58. The lowest BCUT2D eigenvalue weighted by atomic mass is 9.82. The summed E-state index contributed by atoms with van der Waals surface area (Å²) in [5.41, 5.74) is 4.34. The van der Waals surface area contributed by atoms with Crippen molar-refractivity contribution in [1.29, 1.82) is 0 Å². The fourth-order valence-electron chi connectivity index (χ4n) is 1.32. The minimum atomic E-state index is 0.267. The van der Waals surface area contributed by atoms with Crippen LogP contribution in [0.15, 0.2) is 29.8 Å². The zero-order valence-corrected chi connectivity index (χ0v) is 9.81. The first-order chi connectivity index (χ1) is 6.60. The van der Waals surface area contributed by atoms with Crippen molar-refractivity contribution >= 4 is 17.7 Å². The highest BCUT2D eigenvalue weighted by Crippen LogP contribution is 2.26. The van der Waals surface area contributed by atoms with Gasteiger partial charge in [-0.2, -0.15) is 0 Å². The molecule has 0 aliphatic rings. The van der Waals surface area contributed by atoms with Crippen molar-refractivity contribution in [3.8, 4) is 0 Å². The second kappa shape index (κ2) is 4.65. The normalized spacial score (nSPS) is 12.3. The minimum absolute atomic E-state index is 0.267. The molecule has 0 radical (unpaired) electrons. The van der Waals surface area contributed by atoms with E-state index in [0.29, 0.717) is 0 Å². The van der Waals surface area contributed by atoms with Crippen molar-refractivity contribution in [2.75, 3.05) is 0 Å². The van der Waals surface area contributed by atoms with E-state index in [1.54, 1.807) is 5.54 Å². The zero-order valence-electron chi connectivity index (χ0n) is 9.05. The van der Waals surface area contributed by atoms with Gasteiger partial charge in [0.15, 0.2) is 0 Å². The molecule has 1 aromatic rings. The van der Waals surface area contributed by atoms with E-state index in [0.717, 1.165) is 12.0 Å². The summed E-state index contributed by atoms with van der Waals surface area (Å²) in [6, 6.07) is 8.56. The van der Waals surface area contributed by atoms with E-state index in [1.165, 1.54) is 5.56 Å². The maximum absolute atomic E-state index is 5.51. The Morgan fingerprint density at radius 2 is 1.79 bits per heavy atom. The van der Waals surface area contributed by atoms with Gasteiger partial charge in [0.1, 0.15) is 0 Å². The summed E-state index contributed by atoms with van der Waals surface area (Å²) in [5.74, 6) is 0. The van der Waals surface area contributed by atoms with E-state index in [4.69, 9.17) is 11.6 Å². The molecule has 0 nitrogen and oxygen atoms in total. The molecule has 0 heterocycles. The summed E-state index contributed by atoms with van der Waals surface area (Å²) in [7, 11) is 0. The summed E-state index contributed by atoms with van der Waals surface area (Å²) in [5, 5.41) is 0. The summed E-state index contributed by atoms with van der Waals surface area (Å²) in [6.07, 6.45) is 3.04. The van der Waals surface area contributed by atoms with Crippen molar-refractivity contribution in [2.45, 2.75) is 32.6 Å². The van der Waals surface area contributed by atoms with Crippen LogP contribution in [0.4, 0.5) is 0 Å². The first-order valence-corrected chi connectivity index (χ1v) is 5.41. The van der Waals surface area contributed by atoms with Crippen molar-refractivity contribution in [3.05, 3.63) is 40.9 Å². The Hall–Kier alpha value is -0.750. The Bertz CT molecular complexity index is 307. The van der Waals surface area contributed by atoms with E-state index < -0.39 is 0 Å². The third-order valence-corrected chi connectivity index (χ3v) is 2.96. The van der Waals surface area contributed by atoms with E-state index in [9.17, 15) is 0 Å². The van der Waals surface area contributed by atoms with Gasteiger partial charge in [0.05, 0.1) is 0 Å². The number of hydrogen-bond donors (Lipinski definition) is 0. The summed E-state index contributed by atoms with van der Waals surface area (Å²) in [4.78, 5) is 0. The molecule has 0 aliphatic carbocycles. The van der Waals surface area contributed by atoms with Crippen LogP contribution in [0.2, 0.25) is 0 Å². The maximum Gasteiger partial charge on any atom is 0.00484 e. The lowest BCUT2D eigenvalue weighted by molar-refractivity contribution is 0.506. The Balaban J connectivity index is 2.93. The van der Waals surface area contributed by atoms with Crippen molar-refractivity contribution < 1.29 is 0 Å². The largest absolute Gasteiger partial charge is 0.0929 e. The predicted molar refractivity (Wildman–Crippen MR) is 64.6 cm³/mol. The van der Waals surface area contributed by atoms with Crippen molar-refractivity contribution in [1.82, 2.24) is 0 Å². The van der Waals surface area contributed by atoms with Gasteiger partial charge in [-0.25, -0.2) is 0 Å². The average Bonchev–Trinajstić information content (AvgIpc) is 2.19. The van der Waals surface area contributed by atoms with Crippen LogP contribution in [0.1, 0.15) is 38.3 Å². The molecule has 0 saturated carbocycles. The van der Waals surface area contributed by atoms with Gasteiger partial charge in [-0.05, 0) is 29.0 Å². The van der Waals surface area contributed by atoms with Gasteiger partial charge in [0.25, 0.3) is 0 Å². The second-order valence-electron chi connectivity index (χ2n) is 4.15. The molecule has 1 rings (SSSR count). The fraction of sp³-hybridized carbons (Fsp3) is 0.385. The second-order valence-corrected chi connectivity index (χ2v) is 4.40. The molecule has 0 saturated heterocycles. The lowest BCUT2D eigenvalue weighted by Crippen LogP contribution is -2.14. The van der Waals surface area contributed by atoms with Crippen LogP contribution in [0.5, 0.6) is 0 Å². The van der Waals surface area contributed by atoms with Crippen LogP contribution in [0.25, 0.3) is 6.08 Å². The van der Waals surface area contributed by atoms with Crippen LogP contribution in [-0.2, 0) is 5.41 Å². The molecule has 0 atom stereocenters. The zero-order chi connectivity index (χ0) is 10.6. The van der Waals surface area contributed by atoms with E-state index in [1.807, 2.05) is 6.08 Å². The molecule has 0 bridgehead atoms. The first kappa shape index (κ1) is 11.3. The van der Waals surface area contributed by atoms with Gasteiger partial charge in [-0.3, -0.25) is 0 Å². The smallest absolute Gasteiger partial charge is 0.00484 e. The van der Waals surface area contributed by atoms with E-state index in [-0.39, 0.29) is 5.41 Å². The molecule has 0 unspecified atom stereocenters. The van der Waals surface area contributed by atoms with Crippen molar-refractivity contribution in [3.63, 3.8) is 0 Å². The van der Waals surface area contributed by atoms with E-state index >= 15 is 0 Å². The lowest BCUT2D eigenvalue weighted by Gasteiger charge is -2.23. The highest BCUT2D eigenvalue weighted by Gasteiger charge is 2.16. The minimum Gasteiger partial charge on any atom is -0.0929 e. The summed E-state index contributed by atoms with van der Waals surface area (Å²) >= 11 is 5.51. The van der Waals surface area contributed by atoms with Crippen LogP contribution in [-0.4, -0.2) is 0 Å². The molecular weight excluding hydrogens is 192 g/mol. The third kappa shape index (κ3) is 2.62. The van der Waals surface area contributed by atoms with Gasteiger partial charge in [-0.1, -0.05) is 56.6 Å². The van der Waals surface area contributed by atoms with Gasteiger partial charge >= 0.3 is 0 Å². The molecule has 14 heavy (non-hydrogen) atoms. The Morgan fingerprint density at radius 3 is 2.21 bits per heavy atom. The standard InChI is InChI=1S/C13H17Cl/c1-4-13(2,3)12-7-5-11(6-8-12)9-10-14/h5-10H,4H2,1-3H3/b10-9+. The van der Waals surface area contributed by atoms with Gasteiger partial charge in [0, 0.05) is 5.54 Å². The first-order valence-electron chi connectivity index (χ1n) is 4.97. The highest BCUT2D eigenvalue weighted by atomic mass is 35.5. The fourth-order valence-corrected chi connectivity index (χ4v) is 1.47. The SMILES string of the molecule is CCC(C)(C)c1ccc(/C=C/Cl)cc1. The average molecular weight is 209 g/mol. The summed E-state index contributed by atoms with van der Waals surface area (Å²) in [6.45, 7) is 6.74. The molecule has 0 N–H and O–H groups in total. The molecule has 0 fully saturated rings. The third-order valence-electron chi connectivity index (χ3n) is 2.83. The molecule has 1 heteroatoms. The highest BCUT2D eigenvalue weighted by molar-refractivity contribution is 6.27. The quantitative estimate of drug-likeness (QED) is 0.682. The topological polar surface area (TPSA) is 0 Å². The molecule has 0 amide bonds. The van der Waals surface area contributed by atoms with Gasteiger partial charge < -0.3 is 0 Å². The number of benzene rings is 1. The number of halogens is 1. The molecule has 1 aromatic carbocycles. The number of rotatable bonds is 3. The van der Waals surface area contributed by atoms with Crippen molar-refractivity contribution in [2.24, 2.45) is 0 Å². The van der Waals surface area contributed by atoms with Gasteiger partial charge in [-0.15, -0.1) is 0 Å². The molecule has 0 spiro atoms. The monoisotopic (exact) mass is 208 g/mol. The Morgan fingerprint density at radius 1 is 1.21 bits per heavy atom. The van der Waals surface area contributed by atoms with Crippen LogP contribution in [0, 0.1) is 0 Å². The molecule has 76 valence electrons.